The Labute approximate surface area is 168 Å². The fourth-order valence-electron chi connectivity index (χ4n) is 2.92. The summed E-state index contributed by atoms with van der Waals surface area (Å²) in [5, 5.41) is 5.26. The van der Waals surface area contributed by atoms with Crippen molar-refractivity contribution in [3.8, 4) is 0 Å². The largest absolute Gasteiger partial charge is 0.350 e. The van der Waals surface area contributed by atoms with Crippen LogP contribution in [-0.4, -0.2) is 44.2 Å². The van der Waals surface area contributed by atoms with Crippen LogP contribution >= 0.6 is 11.3 Å². The van der Waals surface area contributed by atoms with E-state index in [2.05, 4.69) is 10.6 Å². The van der Waals surface area contributed by atoms with Gasteiger partial charge in [0.25, 0.3) is 15.9 Å². The summed E-state index contributed by atoms with van der Waals surface area (Å²) in [5.74, 6) is -0.653. The number of hydrogen-bond donors (Lipinski definition) is 2. The Morgan fingerprint density at radius 1 is 0.964 bits per heavy atom. The highest BCUT2D eigenvalue weighted by Gasteiger charge is 2.27. The second-order valence-electron chi connectivity index (χ2n) is 6.51. The number of benzene rings is 1. The molecule has 2 amide bonds. The van der Waals surface area contributed by atoms with Gasteiger partial charge in [-0.15, -0.1) is 11.3 Å². The van der Waals surface area contributed by atoms with Crippen LogP contribution in [0.1, 0.15) is 34.5 Å². The van der Waals surface area contributed by atoms with E-state index in [0.29, 0.717) is 22.9 Å². The molecule has 1 saturated heterocycles. The predicted octanol–water partition coefficient (Wildman–Crippen LogP) is 1.97. The normalized spacial score (nSPS) is 15.1. The van der Waals surface area contributed by atoms with Gasteiger partial charge in [0.2, 0.25) is 5.91 Å². The highest BCUT2D eigenvalue weighted by Crippen LogP contribution is 2.26. The standard InChI is InChI=1S/C19H23N3O4S2/c23-17(14-21-19(24)15-7-3-1-4-8-15)20-13-16-9-10-18(27-16)28(25,26)22-11-5-2-6-12-22/h1,3-4,7-10H,2,5-6,11-14H2,(H,20,23)(H,21,24). The minimum absolute atomic E-state index is 0.141. The fraction of sp³-hybridized carbons (Fsp3) is 0.368. The van der Waals surface area contributed by atoms with Crippen molar-refractivity contribution in [3.05, 3.63) is 52.9 Å². The zero-order valence-corrected chi connectivity index (χ0v) is 17.0. The predicted molar refractivity (Wildman–Crippen MR) is 108 cm³/mol. The first kappa shape index (κ1) is 20.5. The van der Waals surface area contributed by atoms with Crippen LogP contribution in [0.3, 0.4) is 0 Å². The van der Waals surface area contributed by atoms with Crippen LogP contribution in [0.2, 0.25) is 0 Å². The van der Waals surface area contributed by atoms with E-state index in [-0.39, 0.29) is 24.9 Å². The van der Waals surface area contributed by atoms with E-state index >= 15 is 0 Å². The molecule has 7 nitrogen and oxygen atoms in total. The van der Waals surface area contributed by atoms with E-state index in [1.54, 1.807) is 36.4 Å². The molecule has 2 heterocycles. The van der Waals surface area contributed by atoms with Gasteiger partial charge in [-0.3, -0.25) is 9.59 Å². The van der Waals surface area contributed by atoms with E-state index in [1.165, 1.54) is 15.6 Å². The third kappa shape index (κ3) is 5.18. The SMILES string of the molecule is O=C(CNC(=O)c1ccccc1)NCc1ccc(S(=O)(=O)N2CCCCC2)s1. The number of thiophene rings is 1. The molecule has 0 atom stereocenters. The first-order valence-electron chi connectivity index (χ1n) is 9.15. The van der Waals surface area contributed by atoms with Gasteiger partial charge in [0.15, 0.2) is 0 Å². The van der Waals surface area contributed by atoms with Gasteiger partial charge >= 0.3 is 0 Å². The van der Waals surface area contributed by atoms with E-state index in [0.717, 1.165) is 24.1 Å². The first-order valence-corrected chi connectivity index (χ1v) is 11.4. The van der Waals surface area contributed by atoms with E-state index in [9.17, 15) is 18.0 Å². The lowest BCUT2D eigenvalue weighted by atomic mass is 10.2. The van der Waals surface area contributed by atoms with Gasteiger partial charge in [-0.25, -0.2) is 8.42 Å². The lowest BCUT2D eigenvalue weighted by Crippen LogP contribution is -2.36. The van der Waals surface area contributed by atoms with Crippen molar-refractivity contribution < 1.29 is 18.0 Å². The van der Waals surface area contributed by atoms with Crippen molar-refractivity contribution in [3.63, 3.8) is 0 Å². The van der Waals surface area contributed by atoms with Crippen molar-refractivity contribution in [1.29, 1.82) is 0 Å². The Morgan fingerprint density at radius 2 is 1.68 bits per heavy atom. The van der Waals surface area contributed by atoms with Crippen molar-refractivity contribution in [2.75, 3.05) is 19.6 Å². The number of rotatable bonds is 7. The van der Waals surface area contributed by atoms with Crippen LogP contribution in [0.25, 0.3) is 0 Å². The number of carbonyl (C=O) groups is 2. The number of nitrogens with one attached hydrogen (secondary N) is 2. The lowest BCUT2D eigenvalue weighted by molar-refractivity contribution is -0.120. The topological polar surface area (TPSA) is 95.6 Å². The van der Waals surface area contributed by atoms with Crippen molar-refractivity contribution in [2.45, 2.75) is 30.0 Å². The summed E-state index contributed by atoms with van der Waals surface area (Å²) >= 11 is 1.17. The molecule has 0 spiro atoms. The minimum Gasteiger partial charge on any atom is -0.350 e. The average Bonchev–Trinajstić information content (AvgIpc) is 3.22. The summed E-state index contributed by atoms with van der Waals surface area (Å²) < 4.78 is 27.1. The molecule has 1 aromatic carbocycles. The van der Waals surface area contributed by atoms with Crippen LogP contribution in [0.15, 0.2) is 46.7 Å². The van der Waals surface area contributed by atoms with Crippen LogP contribution in [0.4, 0.5) is 0 Å². The molecular weight excluding hydrogens is 398 g/mol. The molecular formula is C19H23N3O4S2. The van der Waals surface area contributed by atoms with Crippen LogP contribution in [0, 0.1) is 0 Å². The molecule has 2 aromatic rings. The van der Waals surface area contributed by atoms with Crippen LogP contribution in [-0.2, 0) is 21.4 Å². The maximum absolute atomic E-state index is 12.7. The molecule has 1 aromatic heterocycles. The summed E-state index contributed by atoms with van der Waals surface area (Å²) in [4.78, 5) is 24.6. The molecule has 9 heteroatoms. The monoisotopic (exact) mass is 421 g/mol. The van der Waals surface area contributed by atoms with Gasteiger partial charge in [0.1, 0.15) is 4.21 Å². The van der Waals surface area contributed by atoms with Gasteiger partial charge in [0, 0.05) is 23.5 Å². The third-order valence-electron chi connectivity index (χ3n) is 4.45. The summed E-state index contributed by atoms with van der Waals surface area (Å²) in [6, 6.07) is 12.0. The van der Waals surface area contributed by atoms with Gasteiger partial charge < -0.3 is 10.6 Å². The smallest absolute Gasteiger partial charge is 0.252 e. The first-order chi connectivity index (χ1) is 13.5. The maximum Gasteiger partial charge on any atom is 0.252 e. The lowest BCUT2D eigenvalue weighted by Gasteiger charge is -2.25. The van der Waals surface area contributed by atoms with Gasteiger partial charge in [-0.1, -0.05) is 24.6 Å². The highest BCUT2D eigenvalue weighted by molar-refractivity contribution is 7.91. The van der Waals surface area contributed by atoms with Crippen LogP contribution in [0.5, 0.6) is 0 Å². The summed E-state index contributed by atoms with van der Waals surface area (Å²) in [6.07, 6.45) is 2.85. The Morgan fingerprint density at radius 3 is 2.39 bits per heavy atom. The zero-order valence-electron chi connectivity index (χ0n) is 15.4. The van der Waals surface area contributed by atoms with Crippen molar-refractivity contribution in [2.24, 2.45) is 0 Å². The maximum atomic E-state index is 12.7. The molecule has 28 heavy (non-hydrogen) atoms. The quantitative estimate of drug-likeness (QED) is 0.714. The van der Waals surface area contributed by atoms with Crippen molar-refractivity contribution >= 4 is 33.2 Å². The third-order valence-corrected chi connectivity index (χ3v) is 7.90. The Hall–Kier alpha value is -2.23. The average molecular weight is 422 g/mol. The number of amides is 2. The molecule has 0 saturated carbocycles. The number of nitrogens with zero attached hydrogens (tertiary/aromatic N) is 1. The molecule has 1 aliphatic rings. The molecule has 1 fully saturated rings. The summed E-state index contributed by atoms with van der Waals surface area (Å²) in [5.41, 5.74) is 0.487. The number of sulfonamides is 1. The number of piperidine rings is 1. The second kappa shape index (κ2) is 9.31. The zero-order chi connectivity index (χ0) is 20.0. The Balaban J connectivity index is 1.48. The van der Waals surface area contributed by atoms with E-state index in [4.69, 9.17) is 0 Å². The van der Waals surface area contributed by atoms with Crippen molar-refractivity contribution in [1.82, 2.24) is 14.9 Å². The van der Waals surface area contributed by atoms with Crippen LogP contribution < -0.4 is 10.6 Å². The van der Waals surface area contributed by atoms with Gasteiger partial charge in [0.05, 0.1) is 13.1 Å². The minimum atomic E-state index is -3.45. The molecule has 3 rings (SSSR count). The second-order valence-corrected chi connectivity index (χ2v) is 9.84. The molecule has 2 N–H and O–H groups in total. The Bertz CT molecular complexity index is 920. The van der Waals surface area contributed by atoms with Gasteiger partial charge in [-0.05, 0) is 37.1 Å². The summed E-state index contributed by atoms with van der Waals surface area (Å²) in [6.45, 7) is 1.21. The molecule has 0 unspecified atom stereocenters. The number of carbonyl (C=O) groups excluding carboxylic acids is 2. The molecule has 1 aliphatic heterocycles. The molecule has 150 valence electrons. The van der Waals surface area contributed by atoms with Gasteiger partial charge in [-0.2, -0.15) is 4.31 Å². The molecule has 0 radical (unpaired) electrons. The number of hydrogen-bond acceptors (Lipinski definition) is 5. The summed E-state index contributed by atoms with van der Waals surface area (Å²) in [7, 11) is -3.45. The van der Waals surface area contributed by atoms with E-state index in [1.807, 2.05) is 6.07 Å². The Kier molecular flexibility index (Phi) is 6.82. The molecule has 0 aliphatic carbocycles. The fourth-order valence-corrected chi connectivity index (χ4v) is 5.89. The molecule has 0 bridgehead atoms. The highest BCUT2D eigenvalue weighted by atomic mass is 32.2. The van der Waals surface area contributed by atoms with E-state index < -0.39 is 10.0 Å².